The molecule has 0 N–H and O–H groups in total. The Morgan fingerprint density at radius 2 is 2.10 bits per heavy atom. The molecule has 112 valence electrons. The Balaban J connectivity index is 2.30. The number of carbonyl (C=O) groups is 1. The highest BCUT2D eigenvalue weighted by atomic mass is 16.1. The molecule has 1 aromatic rings. The lowest BCUT2D eigenvalue weighted by Crippen LogP contribution is -2.53. The number of hydrogen-bond donors (Lipinski definition) is 0. The highest BCUT2D eigenvalue weighted by Crippen LogP contribution is 2.37. The van der Waals surface area contributed by atoms with E-state index < -0.39 is 0 Å². The number of Topliss-reactive ketones (excluding diaryl/α,β-unsaturated/α-hetero) is 1. The summed E-state index contributed by atoms with van der Waals surface area (Å²) in [5.41, 5.74) is 0.438. The maximum atomic E-state index is 13.1. The second-order valence-corrected chi connectivity index (χ2v) is 6.38. The molecule has 1 saturated carbocycles. The van der Waals surface area contributed by atoms with E-state index in [1.54, 1.807) is 6.20 Å². The van der Waals surface area contributed by atoms with Crippen LogP contribution in [0.15, 0.2) is 12.3 Å². The summed E-state index contributed by atoms with van der Waals surface area (Å²) in [6.07, 6.45) is 6.91. The van der Waals surface area contributed by atoms with E-state index in [4.69, 9.17) is 0 Å². The molecule has 20 heavy (non-hydrogen) atoms. The standard InChI is InChI=1S/C16H27N3O/c1-5-12-19-14(8-11-17-19)15(20)16(18(3)4)9-6-13(2)7-10-16/h8,11,13H,5-7,9-10,12H2,1-4H3. The average molecular weight is 277 g/mol. The van der Waals surface area contributed by atoms with Crippen molar-refractivity contribution < 1.29 is 4.79 Å². The predicted molar refractivity (Wildman–Crippen MR) is 80.9 cm³/mol. The number of ketones is 1. The summed E-state index contributed by atoms with van der Waals surface area (Å²) in [7, 11) is 4.07. The van der Waals surface area contributed by atoms with Gasteiger partial charge in [0.2, 0.25) is 5.78 Å². The third kappa shape index (κ3) is 2.66. The van der Waals surface area contributed by atoms with Gasteiger partial charge in [-0.1, -0.05) is 13.8 Å². The fraction of sp³-hybridized carbons (Fsp3) is 0.750. The molecule has 0 saturated heterocycles. The van der Waals surface area contributed by atoms with Crippen molar-refractivity contribution >= 4 is 5.78 Å². The van der Waals surface area contributed by atoms with Gasteiger partial charge in [0, 0.05) is 12.7 Å². The molecule has 0 radical (unpaired) electrons. The van der Waals surface area contributed by atoms with E-state index in [9.17, 15) is 4.79 Å². The van der Waals surface area contributed by atoms with Crippen molar-refractivity contribution in [2.24, 2.45) is 5.92 Å². The smallest absolute Gasteiger partial charge is 0.200 e. The van der Waals surface area contributed by atoms with E-state index in [0.717, 1.165) is 50.3 Å². The van der Waals surface area contributed by atoms with E-state index in [1.165, 1.54) is 0 Å². The lowest BCUT2D eigenvalue weighted by Gasteiger charge is -2.43. The van der Waals surface area contributed by atoms with E-state index in [0.29, 0.717) is 0 Å². The Morgan fingerprint density at radius 3 is 2.65 bits per heavy atom. The van der Waals surface area contributed by atoms with Crippen LogP contribution in [0.25, 0.3) is 0 Å². The van der Waals surface area contributed by atoms with Crippen molar-refractivity contribution in [3.8, 4) is 0 Å². The summed E-state index contributed by atoms with van der Waals surface area (Å²) >= 11 is 0. The molecule has 0 aromatic carbocycles. The van der Waals surface area contributed by atoms with E-state index in [2.05, 4.69) is 23.8 Å². The maximum Gasteiger partial charge on any atom is 0.200 e. The Bertz CT molecular complexity index is 456. The topological polar surface area (TPSA) is 38.1 Å². The lowest BCUT2D eigenvalue weighted by molar-refractivity contribution is 0.0501. The number of aryl methyl sites for hydroxylation is 1. The highest BCUT2D eigenvalue weighted by molar-refractivity contribution is 6.02. The summed E-state index contributed by atoms with van der Waals surface area (Å²) in [5, 5.41) is 4.30. The molecule has 1 aromatic heterocycles. The summed E-state index contributed by atoms with van der Waals surface area (Å²) in [6.45, 7) is 5.21. The lowest BCUT2D eigenvalue weighted by atomic mass is 9.73. The van der Waals surface area contributed by atoms with Gasteiger partial charge in [0.25, 0.3) is 0 Å². The molecule has 2 rings (SSSR count). The first-order valence-electron chi connectivity index (χ1n) is 7.75. The molecule has 0 amide bonds. The molecule has 0 spiro atoms. The minimum Gasteiger partial charge on any atom is -0.297 e. The van der Waals surface area contributed by atoms with E-state index >= 15 is 0 Å². The quantitative estimate of drug-likeness (QED) is 0.777. The van der Waals surface area contributed by atoms with Gasteiger partial charge in [-0.15, -0.1) is 0 Å². The van der Waals surface area contributed by atoms with Crippen LogP contribution < -0.4 is 0 Å². The fourth-order valence-electron chi connectivity index (χ4n) is 3.27. The molecule has 4 heteroatoms. The van der Waals surface area contributed by atoms with Crippen molar-refractivity contribution in [1.82, 2.24) is 14.7 Å². The van der Waals surface area contributed by atoms with Gasteiger partial charge in [-0.2, -0.15) is 5.10 Å². The van der Waals surface area contributed by atoms with Gasteiger partial charge in [-0.25, -0.2) is 0 Å². The normalized spacial score (nSPS) is 26.9. The number of aromatic nitrogens is 2. The molecule has 0 bridgehead atoms. The first-order chi connectivity index (χ1) is 9.51. The predicted octanol–water partition coefficient (Wildman–Crippen LogP) is 2.99. The number of nitrogens with zero attached hydrogens (tertiary/aromatic N) is 3. The second-order valence-electron chi connectivity index (χ2n) is 6.38. The third-order valence-electron chi connectivity index (χ3n) is 4.76. The second kappa shape index (κ2) is 6.08. The largest absolute Gasteiger partial charge is 0.297 e. The van der Waals surface area contributed by atoms with Crippen LogP contribution in [0.1, 0.15) is 56.4 Å². The molecule has 1 fully saturated rings. The van der Waals surface area contributed by atoms with Crippen LogP contribution >= 0.6 is 0 Å². The summed E-state index contributed by atoms with van der Waals surface area (Å²) in [4.78, 5) is 15.3. The molecule has 0 unspecified atom stereocenters. The minimum atomic E-state index is -0.335. The van der Waals surface area contributed by atoms with Crippen LogP contribution in [0.4, 0.5) is 0 Å². The summed E-state index contributed by atoms with van der Waals surface area (Å²) in [6, 6.07) is 1.88. The zero-order valence-corrected chi connectivity index (χ0v) is 13.2. The average Bonchev–Trinajstić information content (AvgIpc) is 2.87. The van der Waals surface area contributed by atoms with Gasteiger partial charge < -0.3 is 0 Å². The highest BCUT2D eigenvalue weighted by Gasteiger charge is 2.44. The zero-order valence-electron chi connectivity index (χ0n) is 13.2. The molecule has 0 aliphatic heterocycles. The van der Waals surface area contributed by atoms with Crippen LogP contribution in [0.2, 0.25) is 0 Å². The SMILES string of the molecule is CCCn1nccc1C(=O)C1(N(C)C)CCC(C)CC1. The third-order valence-corrected chi connectivity index (χ3v) is 4.76. The van der Waals surface area contributed by atoms with Crippen molar-refractivity contribution in [3.63, 3.8) is 0 Å². The molecular formula is C16H27N3O. The molecule has 1 aliphatic rings. The number of carbonyl (C=O) groups excluding carboxylic acids is 1. The summed E-state index contributed by atoms with van der Waals surface area (Å²) in [5.74, 6) is 0.983. The van der Waals surface area contributed by atoms with Crippen molar-refractivity contribution in [1.29, 1.82) is 0 Å². The Hall–Kier alpha value is -1.16. The Labute approximate surface area is 122 Å². The van der Waals surface area contributed by atoms with Crippen LogP contribution in [0.5, 0.6) is 0 Å². The van der Waals surface area contributed by atoms with Gasteiger partial charge in [0.05, 0.1) is 5.54 Å². The molecule has 1 aliphatic carbocycles. The van der Waals surface area contributed by atoms with Gasteiger partial charge in [-0.05, 0) is 58.2 Å². The van der Waals surface area contributed by atoms with Gasteiger partial charge in [0.15, 0.2) is 0 Å². The Kier molecular flexibility index (Phi) is 4.63. The van der Waals surface area contributed by atoms with E-state index in [1.807, 2.05) is 24.8 Å². The van der Waals surface area contributed by atoms with Crippen LogP contribution in [-0.4, -0.2) is 40.1 Å². The first-order valence-corrected chi connectivity index (χ1v) is 7.75. The monoisotopic (exact) mass is 277 g/mol. The maximum absolute atomic E-state index is 13.1. The molecular weight excluding hydrogens is 250 g/mol. The number of likely N-dealkylation sites (N-methyl/N-ethyl adjacent to an activating group) is 1. The molecule has 4 nitrogen and oxygen atoms in total. The van der Waals surface area contributed by atoms with Crippen molar-refractivity contribution in [2.45, 2.75) is 58.0 Å². The van der Waals surface area contributed by atoms with Gasteiger partial charge >= 0.3 is 0 Å². The van der Waals surface area contributed by atoms with Gasteiger partial charge in [-0.3, -0.25) is 14.4 Å². The molecule has 0 atom stereocenters. The molecule has 1 heterocycles. The minimum absolute atomic E-state index is 0.250. The summed E-state index contributed by atoms with van der Waals surface area (Å²) < 4.78 is 1.87. The number of rotatable bonds is 5. The zero-order chi connectivity index (χ0) is 14.8. The van der Waals surface area contributed by atoms with Gasteiger partial charge in [0.1, 0.15) is 5.69 Å². The number of hydrogen-bond acceptors (Lipinski definition) is 3. The van der Waals surface area contributed by atoms with Crippen molar-refractivity contribution in [3.05, 3.63) is 18.0 Å². The fourth-order valence-corrected chi connectivity index (χ4v) is 3.27. The van der Waals surface area contributed by atoms with Crippen LogP contribution in [0.3, 0.4) is 0 Å². The van der Waals surface area contributed by atoms with Crippen LogP contribution in [-0.2, 0) is 6.54 Å². The first kappa shape index (κ1) is 15.2. The Morgan fingerprint density at radius 1 is 1.45 bits per heavy atom. The van der Waals surface area contributed by atoms with E-state index in [-0.39, 0.29) is 11.3 Å². The van der Waals surface area contributed by atoms with Crippen LogP contribution in [0, 0.1) is 5.92 Å². The van der Waals surface area contributed by atoms with Crippen molar-refractivity contribution in [2.75, 3.05) is 14.1 Å².